The second kappa shape index (κ2) is 5.78. The highest BCUT2D eigenvalue weighted by Crippen LogP contribution is 2.42. The lowest BCUT2D eigenvalue weighted by Gasteiger charge is -2.47. The van der Waals surface area contributed by atoms with Crippen molar-refractivity contribution in [3.8, 4) is 0 Å². The maximum absolute atomic E-state index is 12.4. The summed E-state index contributed by atoms with van der Waals surface area (Å²) in [5.74, 6) is 0.131. The number of likely N-dealkylation sites (tertiary alicyclic amines) is 1. The average molecular weight is 308 g/mol. The molecule has 2 aliphatic rings. The monoisotopic (exact) mass is 308 g/mol. The van der Waals surface area contributed by atoms with Crippen LogP contribution in [0.4, 0.5) is 0 Å². The first-order valence-corrected chi connectivity index (χ1v) is 8.09. The molecule has 0 bridgehead atoms. The zero-order chi connectivity index (χ0) is 15.7. The highest BCUT2D eigenvalue weighted by Gasteiger charge is 2.50. The van der Waals surface area contributed by atoms with E-state index in [2.05, 4.69) is 11.1 Å². The van der Waals surface area contributed by atoms with Crippen LogP contribution in [0.25, 0.3) is 0 Å². The van der Waals surface area contributed by atoms with Gasteiger partial charge in [0.2, 0.25) is 0 Å². The Morgan fingerprint density at radius 2 is 2.04 bits per heavy atom. The first-order chi connectivity index (χ1) is 11.2. The predicted molar refractivity (Wildman–Crippen MR) is 87.1 cm³/mol. The molecule has 4 rings (SSSR count). The molecule has 2 saturated heterocycles. The van der Waals surface area contributed by atoms with Gasteiger partial charge in [0.05, 0.1) is 12.7 Å². The molecule has 4 nitrogen and oxygen atoms in total. The molecule has 2 fully saturated rings. The lowest BCUT2D eigenvalue weighted by molar-refractivity contribution is -0.00133. The van der Waals surface area contributed by atoms with Crippen LogP contribution < -0.4 is 0 Å². The second-order valence-corrected chi connectivity index (χ2v) is 6.73. The Kier molecular flexibility index (Phi) is 3.62. The molecule has 0 N–H and O–H groups in total. The molecule has 0 saturated carbocycles. The molecule has 2 aromatic rings. The van der Waals surface area contributed by atoms with Gasteiger partial charge < -0.3 is 9.64 Å². The third-order valence-electron chi connectivity index (χ3n) is 4.83. The van der Waals surface area contributed by atoms with Gasteiger partial charge in [0.15, 0.2) is 0 Å². The number of hydrogen-bond acceptors (Lipinski definition) is 3. The normalized spacial score (nSPS) is 22.1. The molecule has 0 aliphatic carbocycles. The molecular weight excluding hydrogens is 288 g/mol. The summed E-state index contributed by atoms with van der Waals surface area (Å²) in [7, 11) is 0. The molecule has 1 spiro atoms. The van der Waals surface area contributed by atoms with Gasteiger partial charge >= 0.3 is 0 Å². The summed E-state index contributed by atoms with van der Waals surface area (Å²) in [6.07, 6.45) is 5.87. The molecule has 0 unspecified atom stereocenters. The number of carbonyl (C=O) groups excluding carboxylic acids is 1. The Morgan fingerprint density at radius 3 is 2.78 bits per heavy atom. The summed E-state index contributed by atoms with van der Waals surface area (Å²) in [4.78, 5) is 18.5. The standard InChI is InChI=1S/C19H20N2O2/c22-18(16-6-2-1-3-7-16)21-12-19(13-21)10-17(23-14-19)9-15-5-4-8-20-11-15/h1-8,11,17H,9-10,12-14H2/t17-/m1/s1. The quantitative estimate of drug-likeness (QED) is 0.875. The molecule has 23 heavy (non-hydrogen) atoms. The van der Waals surface area contributed by atoms with Crippen molar-refractivity contribution in [3.05, 3.63) is 66.0 Å². The molecular formula is C19H20N2O2. The van der Waals surface area contributed by atoms with Crippen LogP contribution in [0.1, 0.15) is 22.3 Å². The Labute approximate surface area is 136 Å². The van der Waals surface area contributed by atoms with Crippen molar-refractivity contribution in [2.24, 2.45) is 5.41 Å². The fourth-order valence-corrected chi connectivity index (χ4v) is 3.70. The number of hydrogen-bond donors (Lipinski definition) is 0. The number of amides is 1. The van der Waals surface area contributed by atoms with Crippen LogP contribution in [0.15, 0.2) is 54.9 Å². The molecule has 1 amide bonds. The van der Waals surface area contributed by atoms with Crippen LogP contribution in [0.3, 0.4) is 0 Å². The van der Waals surface area contributed by atoms with Crippen molar-refractivity contribution >= 4 is 5.91 Å². The van der Waals surface area contributed by atoms with Crippen molar-refractivity contribution in [1.29, 1.82) is 0 Å². The number of carbonyl (C=O) groups is 1. The maximum Gasteiger partial charge on any atom is 0.253 e. The summed E-state index contributed by atoms with van der Waals surface area (Å²) >= 11 is 0. The summed E-state index contributed by atoms with van der Waals surface area (Å²) in [5, 5.41) is 0. The minimum Gasteiger partial charge on any atom is -0.377 e. The lowest BCUT2D eigenvalue weighted by atomic mass is 9.77. The van der Waals surface area contributed by atoms with E-state index in [1.54, 1.807) is 6.20 Å². The Morgan fingerprint density at radius 1 is 1.22 bits per heavy atom. The van der Waals surface area contributed by atoms with E-state index in [0.717, 1.165) is 38.1 Å². The van der Waals surface area contributed by atoms with Gasteiger partial charge in [-0.2, -0.15) is 0 Å². The minimum atomic E-state index is 0.131. The number of ether oxygens (including phenoxy) is 1. The van der Waals surface area contributed by atoms with Crippen LogP contribution in [0.2, 0.25) is 0 Å². The van der Waals surface area contributed by atoms with Gasteiger partial charge in [0, 0.05) is 42.9 Å². The average Bonchev–Trinajstić information content (AvgIpc) is 2.99. The molecule has 0 radical (unpaired) electrons. The number of nitrogens with zero attached hydrogens (tertiary/aromatic N) is 2. The number of rotatable bonds is 3. The van der Waals surface area contributed by atoms with Crippen LogP contribution in [-0.4, -0.2) is 41.6 Å². The fourth-order valence-electron chi connectivity index (χ4n) is 3.70. The lowest BCUT2D eigenvalue weighted by Crippen LogP contribution is -2.58. The third kappa shape index (κ3) is 2.86. The van der Waals surface area contributed by atoms with E-state index in [1.807, 2.05) is 47.5 Å². The topological polar surface area (TPSA) is 42.4 Å². The maximum atomic E-state index is 12.4. The SMILES string of the molecule is O=C(c1ccccc1)N1CC2(CO[C@H](Cc3cccnc3)C2)C1. The Bertz CT molecular complexity index is 681. The van der Waals surface area contributed by atoms with Crippen molar-refractivity contribution < 1.29 is 9.53 Å². The molecule has 3 heterocycles. The van der Waals surface area contributed by atoms with Gasteiger partial charge in [-0.05, 0) is 30.2 Å². The van der Waals surface area contributed by atoms with Gasteiger partial charge in [-0.25, -0.2) is 0 Å². The highest BCUT2D eigenvalue weighted by atomic mass is 16.5. The number of aromatic nitrogens is 1. The molecule has 1 aromatic heterocycles. The van der Waals surface area contributed by atoms with Crippen molar-refractivity contribution in [2.75, 3.05) is 19.7 Å². The van der Waals surface area contributed by atoms with E-state index in [1.165, 1.54) is 5.56 Å². The van der Waals surface area contributed by atoms with E-state index < -0.39 is 0 Å². The third-order valence-corrected chi connectivity index (χ3v) is 4.83. The van der Waals surface area contributed by atoms with E-state index in [0.29, 0.717) is 0 Å². The molecule has 1 atom stereocenters. The predicted octanol–water partition coefficient (Wildman–Crippen LogP) is 2.56. The Hall–Kier alpha value is -2.20. The van der Waals surface area contributed by atoms with Gasteiger partial charge in [-0.15, -0.1) is 0 Å². The summed E-state index contributed by atoms with van der Waals surface area (Å²) in [6, 6.07) is 13.6. The van der Waals surface area contributed by atoms with Gasteiger partial charge in [0.25, 0.3) is 5.91 Å². The van der Waals surface area contributed by atoms with Crippen LogP contribution in [-0.2, 0) is 11.2 Å². The zero-order valence-electron chi connectivity index (χ0n) is 13.0. The fraction of sp³-hybridized carbons (Fsp3) is 0.368. The zero-order valence-corrected chi connectivity index (χ0v) is 13.0. The second-order valence-electron chi connectivity index (χ2n) is 6.73. The summed E-state index contributed by atoms with van der Waals surface area (Å²) < 4.78 is 5.98. The van der Waals surface area contributed by atoms with Gasteiger partial charge in [0.1, 0.15) is 0 Å². The van der Waals surface area contributed by atoms with Crippen LogP contribution >= 0.6 is 0 Å². The van der Waals surface area contributed by atoms with Crippen LogP contribution in [0, 0.1) is 5.41 Å². The summed E-state index contributed by atoms with van der Waals surface area (Å²) in [5.41, 5.74) is 2.15. The van der Waals surface area contributed by atoms with Crippen molar-refractivity contribution in [2.45, 2.75) is 18.9 Å². The van der Waals surface area contributed by atoms with Crippen molar-refractivity contribution in [1.82, 2.24) is 9.88 Å². The van der Waals surface area contributed by atoms with E-state index in [-0.39, 0.29) is 17.4 Å². The van der Waals surface area contributed by atoms with E-state index in [4.69, 9.17) is 4.74 Å². The van der Waals surface area contributed by atoms with Crippen molar-refractivity contribution in [3.63, 3.8) is 0 Å². The molecule has 118 valence electrons. The first-order valence-electron chi connectivity index (χ1n) is 8.09. The highest BCUT2D eigenvalue weighted by molar-refractivity contribution is 5.94. The smallest absolute Gasteiger partial charge is 0.253 e. The first kappa shape index (κ1) is 14.4. The van der Waals surface area contributed by atoms with Gasteiger partial charge in [-0.1, -0.05) is 24.3 Å². The van der Waals surface area contributed by atoms with Crippen LogP contribution in [0.5, 0.6) is 0 Å². The summed E-state index contributed by atoms with van der Waals surface area (Å²) in [6.45, 7) is 2.38. The molecule has 1 aromatic carbocycles. The largest absolute Gasteiger partial charge is 0.377 e. The van der Waals surface area contributed by atoms with E-state index in [9.17, 15) is 4.79 Å². The Balaban J connectivity index is 1.34. The molecule has 2 aliphatic heterocycles. The van der Waals surface area contributed by atoms with E-state index >= 15 is 0 Å². The minimum absolute atomic E-state index is 0.131. The molecule has 4 heteroatoms. The van der Waals surface area contributed by atoms with Gasteiger partial charge in [-0.3, -0.25) is 9.78 Å². The number of pyridine rings is 1. The number of benzene rings is 1.